The summed E-state index contributed by atoms with van der Waals surface area (Å²) in [5.74, 6) is 4.63. The first kappa shape index (κ1) is 17.9. The summed E-state index contributed by atoms with van der Waals surface area (Å²) in [5, 5.41) is 5.03. The molecule has 3 aromatic heterocycles. The Morgan fingerprint density at radius 1 is 1.29 bits per heavy atom. The summed E-state index contributed by atoms with van der Waals surface area (Å²) >= 11 is 1.15. The summed E-state index contributed by atoms with van der Waals surface area (Å²) in [6, 6.07) is 6.92. The largest absolute Gasteiger partial charge is 0.351 e. The van der Waals surface area contributed by atoms with E-state index >= 15 is 0 Å². The molecule has 1 aromatic carbocycles. The number of nitrogens with zero attached hydrogens (tertiary/aromatic N) is 4. The van der Waals surface area contributed by atoms with Crippen LogP contribution in [0.2, 0.25) is 0 Å². The Balaban J connectivity index is 1.93. The number of halogens is 1. The monoisotopic (exact) mass is 399 g/mol. The smallest absolute Gasteiger partial charge is 0.332 e. The predicted octanol–water partition coefficient (Wildman–Crippen LogP) is 1.45. The van der Waals surface area contributed by atoms with Gasteiger partial charge in [0.15, 0.2) is 5.78 Å². The number of rotatable bonds is 4. The highest BCUT2D eigenvalue weighted by molar-refractivity contribution is 7.21. The number of hydrogen-bond acceptors (Lipinski definition) is 6. The predicted molar refractivity (Wildman–Crippen MR) is 103 cm³/mol. The molecule has 10 heteroatoms. The maximum atomic E-state index is 13.4. The van der Waals surface area contributed by atoms with Gasteiger partial charge in [0.1, 0.15) is 15.6 Å². The summed E-state index contributed by atoms with van der Waals surface area (Å²) in [6.07, 6.45) is 3.30. The van der Waals surface area contributed by atoms with Crippen molar-refractivity contribution in [1.29, 1.82) is 0 Å². The molecular formula is C18H14FN5O3S. The van der Waals surface area contributed by atoms with Gasteiger partial charge in [0.25, 0.3) is 5.56 Å². The van der Waals surface area contributed by atoms with Crippen molar-refractivity contribution >= 4 is 27.3 Å². The van der Waals surface area contributed by atoms with Crippen LogP contribution >= 0.6 is 11.3 Å². The number of hydrogen-bond donors (Lipinski definition) is 1. The van der Waals surface area contributed by atoms with Crippen LogP contribution in [0.15, 0.2) is 52.3 Å². The van der Waals surface area contributed by atoms with Crippen LogP contribution in [0.25, 0.3) is 15.2 Å². The van der Waals surface area contributed by atoms with Crippen LogP contribution in [0.1, 0.15) is 15.9 Å². The first-order chi connectivity index (χ1) is 13.4. The fourth-order valence-electron chi connectivity index (χ4n) is 3.00. The third kappa shape index (κ3) is 2.74. The van der Waals surface area contributed by atoms with Crippen LogP contribution in [0.3, 0.4) is 0 Å². The number of carbonyl (C=O) groups is 1. The van der Waals surface area contributed by atoms with E-state index < -0.39 is 22.8 Å². The molecule has 0 aliphatic heterocycles. The number of thiophene rings is 1. The number of nitrogens with two attached hydrogens (primary N) is 1. The lowest BCUT2D eigenvalue weighted by atomic mass is 10.1. The molecule has 8 nitrogen and oxygen atoms in total. The van der Waals surface area contributed by atoms with Crippen molar-refractivity contribution in [1.82, 2.24) is 19.0 Å². The normalized spacial score (nSPS) is 11.2. The van der Waals surface area contributed by atoms with E-state index in [1.807, 2.05) is 0 Å². The van der Waals surface area contributed by atoms with Crippen LogP contribution in [0.5, 0.6) is 0 Å². The number of aryl methyl sites for hydroxylation is 1. The molecule has 3 heterocycles. The third-order valence-corrected chi connectivity index (χ3v) is 5.68. The first-order valence-corrected chi connectivity index (χ1v) is 9.03. The second-order valence-electron chi connectivity index (χ2n) is 6.14. The molecule has 4 aromatic rings. The molecule has 0 aliphatic rings. The van der Waals surface area contributed by atoms with Crippen molar-refractivity contribution < 1.29 is 9.18 Å². The van der Waals surface area contributed by atoms with Gasteiger partial charge in [-0.2, -0.15) is 9.77 Å². The zero-order valence-corrected chi connectivity index (χ0v) is 15.4. The SMILES string of the molecule is Cc1c(-n2cccn2)sc2c1c(=O)n(N)c(=O)n2CC(=O)c1cccc(F)c1. The molecule has 0 amide bonds. The number of benzene rings is 1. The van der Waals surface area contributed by atoms with E-state index in [0.717, 1.165) is 22.0 Å². The average molecular weight is 399 g/mol. The molecule has 0 radical (unpaired) electrons. The molecule has 4 rings (SSSR count). The summed E-state index contributed by atoms with van der Waals surface area (Å²) in [7, 11) is 0. The minimum Gasteiger partial charge on any atom is -0.332 e. The Hall–Kier alpha value is -3.53. The minimum atomic E-state index is -0.824. The Kier molecular flexibility index (Phi) is 4.19. The van der Waals surface area contributed by atoms with Gasteiger partial charge >= 0.3 is 5.69 Å². The lowest BCUT2D eigenvalue weighted by Gasteiger charge is -2.09. The van der Waals surface area contributed by atoms with Gasteiger partial charge in [-0.15, -0.1) is 0 Å². The molecule has 0 spiro atoms. The highest BCUT2D eigenvalue weighted by Crippen LogP contribution is 2.30. The number of nitrogen functional groups attached to an aromatic ring is 1. The lowest BCUT2D eigenvalue weighted by Crippen LogP contribution is -2.45. The third-order valence-electron chi connectivity index (χ3n) is 4.38. The zero-order chi connectivity index (χ0) is 20.0. The van der Waals surface area contributed by atoms with Crippen molar-refractivity contribution in [3.05, 3.63) is 80.5 Å². The summed E-state index contributed by atoms with van der Waals surface area (Å²) in [4.78, 5) is 38.1. The summed E-state index contributed by atoms with van der Waals surface area (Å²) in [6.45, 7) is 1.34. The van der Waals surface area contributed by atoms with Crippen LogP contribution in [0.4, 0.5) is 4.39 Å². The van der Waals surface area contributed by atoms with E-state index in [4.69, 9.17) is 5.84 Å². The van der Waals surface area contributed by atoms with Gasteiger partial charge in [-0.1, -0.05) is 23.5 Å². The molecule has 0 saturated heterocycles. The van der Waals surface area contributed by atoms with Crippen LogP contribution in [-0.4, -0.2) is 24.8 Å². The average Bonchev–Trinajstić information content (AvgIpc) is 3.31. The summed E-state index contributed by atoms with van der Waals surface area (Å²) < 4.78 is 16.6. The molecule has 0 fully saturated rings. The minimum absolute atomic E-state index is 0.121. The molecular weight excluding hydrogens is 385 g/mol. The van der Waals surface area contributed by atoms with Gasteiger partial charge in [-0.3, -0.25) is 14.2 Å². The van der Waals surface area contributed by atoms with Crippen LogP contribution < -0.4 is 17.1 Å². The Bertz CT molecular complexity index is 1330. The number of fused-ring (bicyclic) bond motifs is 1. The molecule has 0 saturated carbocycles. The van der Waals surface area contributed by atoms with Gasteiger partial charge in [-0.25, -0.2) is 13.9 Å². The quantitative estimate of drug-likeness (QED) is 0.413. The van der Waals surface area contributed by atoms with Crippen molar-refractivity contribution in [3.63, 3.8) is 0 Å². The second kappa shape index (κ2) is 6.57. The highest BCUT2D eigenvalue weighted by atomic mass is 32.1. The van der Waals surface area contributed by atoms with Gasteiger partial charge in [0, 0.05) is 23.5 Å². The van der Waals surface area contributed by atoms with E-state index in [2.05, 4.69) is 5.10 Å². The number of carbonyl (C=O) groups excluding carboxylic acids is 1. The van der Waals surface area contributed by atoms with Crippen molar-refractivity contribution in [2.45, 2.75) is 13.5 Å². The maximum absolute atomic E-state index is 13.4. The summed E-state index contributed by atoms with van der Waals surface area (Å²) in [5.41, 5.74) is -0.757. The number of Topliss-reactive ketones (excluding diaryl/α,β-unsaturated/α-hetero) is 1. The molecule has 0 unspecified atom stereocenters. The van der Waals surface area contributed by atoms with E-state index in [-0.39, 0.29) is 17.5 Å². The van der Waals surface area contributed by atoms with Crippen molar-refractivity contribution in [3.8, 4) is 5.00 Å². The lowest BCUT2D eigenvalue weighted by molar-refractivity contribution is 0.0971. The molecule has 142 valence electrons. The van der Waals surface area contributed by atoms with E-state index in [0.29, 0.717) is 20.1 Å². The van der Waals surface area contributed by atoms with Crippen molar-refractivity contribution in [2.75, 3.05) is 5.84 Å². The fraction of sp³-hybridized carbons (Fsp3) is 0.111. The van der Waals surface area contributed by atoms with Crippen LogP contribution in [0, 0.1) is 12.7 Å². The Morgan fingerprint density at radius 2 is 2.07 bits per heavy atom. The highest BCUT2D eigenvalue weighted by Gasteiger charge is 2.22. The van der Waals surface area contributed by atoms with Crippen molar-refractivity contribution in [2.24, 2.45) is 0 Å². The number of ketones is 1. The standard InChI is InChI=1S/C18H14FN5O3S/c1-10-14-15(26)24(20)18(27)22(9-13(25)11-4-2-5-12(19)8-11)17(14)28-16(10)23-7-3-6-21-23/h2-8H,9,20H2,1H3. The van der Waals surface area contributed by atoms with Gasteiger partial charge in [0.05, 0.1) is 11.9 Å². The molecule has 0 aliphatic carbocycles. The Labute approximate surface area is 160 Å². The Morgan fingerprint density at radius 3 is 2.75 bits per heavy atom. The van der Waals surface area contributed by atoms with E-state index in [1.165, 1.54) is 18.2 Å². The van der Waals surface area contributed by atoms with Crippen LogP contribution in [-0.2, 0) is 6.54 Å². The molecule has 2 N–H and O–H groups in total. The molecule has 28 heavy (non-hydrogen) atoms. The molecule has 0 bridgehead atoms. The van der Waals surface area contributed by atoms with Gasteiger partial charge in [-0.05, 0) is 25.1 Å². The first-order valence-electron chi connectivity index (χ1n) is 8.21. The maximum Gasteiger partial charge on any atom is 0.351 e. The molecule has 0 atom stereocenters. The van der Waals surface area contributed by atoms with Gasteiger partial charge in [0.2, 0.25) is 0 Å². The second-order valence-corrected chi connectivity index (χ2v) is 7.12. The van der Waals surface area contributed by atoms with E-state index in [1.54, 1.807) is 30.1 Å². The van der Waals surface area contributed by atoms with Gasteiger partial charge < -0.3 is 5.84 Å². The zero-order valence-electron chi connectivity index (χ0n) is 14.6. The number of aromatic nitrogens is 4. The fourth-order valence-corrected chi connectivity index (χ4v) is 4.23. The topological polar surface area (TPSA) is 105 Å². The van der Waals surface area contributed by atoms with E-state index in [9.17, 15) is 18.8 Å².